The summed E-state index contributed by atoms with van der Waals surface area (Å²) in [6, 6.07) is 2.75. The van der Waals surface area contributed by atoms with Gasteiger partial charge in [0.25, 0.3) is 5.91 Å². The van der Waals surface area contributed by atoms with Gasteiger partial charge in [-0.2, -0.15) is 0 Å². The number of benzene rings is 1. The number of rotatable bonds is 7. The molecule has 1 saturated heterocycles. The first-order valence-corrected chi connectivity index (χ1v) is 8.71. The van der Waals surface area contributed by atoms with Crippen LogP contribution in [0.4, 0.5) is 4.79 Å². The Morgan fingerprint density at radius 1 is 1.19 bits per heavy atom. The molecule has 0 radical (unpaired) electrons. The Kier molecular flexibility index (Phi) is 6.62. The Morgan fingerprint density at radius 2 is 1.81 bits per heavy atom. The predicted octanol–water partition coefficient (Wildman–Crippen LogP) is 2.31. The number of nitrogens with zero attached hydrogens (tertiary/aromatic N) is 1. The maximum atomic E-state index is 12.4. The van der Waals surface area contributed by atoms with Gasteiger partial charge >= 0.3 is 12.0 Å². The summed E-state index contributed by atoms with van der Waals surface area (Å²) in [5, 5.41) is 2.45. The molecule has 0 bridgehead atoms. The van der Waals surface area contributed by atoms with E-state index >= 15 is 0 Å². The number of ether oxygens (including phenoxy) is 3. The summed E-state index contributed by atoms with van der Waals surface area (Å²) in [5.41, 5.74) is 0.659. The lowest BCUT2D eigenvalue weighted by atomic mass is 10.1. The predicted molar refractivity (Wildman–Crippen MR) is 96.7 cm³/mol. The molecule has 8 nitrogen and oxygen atoms in total. The van der Waals surface area contributed by atoms with E-state index in [-0.39, 0.29) is 5.70 Å². The molecule has 3 amide bonds. The quantitative estimate of drug-likeness (QED) is 0.408. The second-order valence-electron chi connectivity index (χ2n) is 5.14. The van der Waals surface area contributed by atoms with Crippen molar-refractivity contribution in [2.75, 3.05) is 26.9 Å². The lowest BCUT2D eigenvalue weighted by Crippen LogP contribution is -2.36. The smallest absolute Gasteiger partial charge is 0.329 e. The third kappa shape index (κ3) is 4.34. The van der Waals surface area contributed by atoms with E-state index in [1.807, 2.05) is 13.8 Å². The molecular weight excluding hydrogens is 408 g/mol. The highest BCUT2D eigenvalue weighted by Gasteiger charge is 2.35. The molecular formula is C17H19BrN2O6. The van der Waals surface area contributed by atoms with Crippen molar-refractivity contribution in [1.82, 2.24) is 10.2 Å². The van der Waals surface area contributed by atoms with E-state index in [1.54, 1.807) is 12.1 Å². The van der Waals surface area contributed by atoms with Gasteiger partial charge in [-0.1, -0.05) is 15.9 Å². The third-order valence-corrected chi connectivity index (χ3v) is 4.13. The molecule has 0 aliphatic carbocycles. The molecule has 1 aliphatic rings. The average molecular weight is 427 g/mol. The highest BCUT2D eigenvalue weighted by Crippen LogP contribution is 2.35. The standard InChI is InChI=1S/C17H19BrN2O6/c1-4-25-13-7-10(11(18)8-14(13)26-5-2)6-12-16(22)20(17(23)19-12)9-15(21)24-3/h6-8H,4-5,9H2,1-3H3,(H,19,23). The molecule has 140 valence electrons. The van der Waals surface area contributed by atoms with Gasteiger partial charge in [0.15, 0.2) is 11.5 Å². The summed E-state index contributed by atoms with van der Waals surface area (Å²) in [7, 11) is 1.18. The normalized spacial score (nSPS) is 15.2. The molecule has 1 aromatic rings. The number of esters is 1. The van der Waals surface area contributed by atoms with Gasteiger partial charge in [-0.25, -0.2) is 9.69 Å². The third-order valence-electron chi connectivity index (χ3n) is 3.44. The fourth-order valence-corrected chi connectivity index (χ4v) is 2.70. The molecule has 0 saturated carbocycles. The Morgan fingerprint density at radius 3 is 2.38 bits per heavy atom. The van der Waals surface area contributed by atoms with Gasteiger partial charge in [-0.3, -0.25) is 9.59 Å². The minimum atomic E-state index is -0.685. The lowest BCUT2D eigenvalue weighted by Gasteiger charge is -2.13. The van der Waals surface area contributed by atoms with Gasteiger partial charge < -0.3 is 19.5 Å². The van der Waals surface area contributed by atoms with E-state index in [0.29, 0.717) is 34.7 Å². The van der Waals surface area contributed by atoms with Crippen LogP contribution in [-0.4, -0.2) is 49.7 Å². The first kappa shape index (κ1) is 19.8. The second kappa shape index (κ2) is 8.70. The lowest BCUT2D eigenvalue weighted by molar-refractivity contribution is -0.143. The summed E-state index contributed by atoms with van der Waals surface area (Å²) in [6.45, 7) is 4.18. The maximum absolute atomic E-state index is 12.4. The number of nitrogens with one attached hydrogen (secondary N) is 1. The molecule has 2 rings (SSSR count). The summed E-state index contributed by atoms with van der Waals surface area (Å²) < 4.78 is 16.2. The SMILES string of the molecule is CCOc1cc(Br)c(C=C2NC(=O)N(CC(=O)OC)C2=O)cc1OCC. The number of amides is 3. The minimum absolute atomic E-state index is 0.0474. The zero-order valence-electron chi connectivity index (χ0n) is 14.6. The van der Waals surface area contributed by atoms with E-state index in [2.05, 4.69) is 26.0 Å². The Hall–Kier alpha value is -2.55. The molecule has 0 unspecified atom stereocenters. The van der Waals surface area contributed by atoms with Crippen LogP contribution in [0.5, 0.6) is 11.5 Å². The number of carbonyl (C=O) groups is 3. The maximum Gasteiger partial charge on any atom is 0.329 e. The van der Waals surface area contributed by atoms with Crippen LogP contribution < -0.4 is 14.8 Å². The average Bonchev–Trinajstić information content (AvgIpc) is 2.86. The van der Waals surface area contributed by atoms with Crippen molar-refractivity contribution in [2.45, 2.75) is 13.8 Å². The van der Waals surface area contributed by atoms with Crippen molar-refractivity contribution < 1.29 is 28.6 Å². The first-order chi connectivity index (χ1) is 12.4. The molecule has 0 atom stereocenters. The fourth-order valence-electron chi connectivity index (χ4n) is 2.26. The van der Waals surface area contributed by atoms with Crippen LogP contribution >= 0.6 is 15.9 Å². The molecule has 0 spiro atoms. The van der Waals surface area contributed by atoms with Crippen LogP contribution in [0.1, 0.15) is 19.4 Å². The summed E-state index contributed by atoms with van der Waals surface area (Å²) >= 11 is 3.42. The van der Waals surface area contributed by atoms with Crippen LogP contribution in [0.15, 0.2) is 22.3 Å². The van der Waals surface area contributed by atoms with E-state index in [0.717, 1.165) is 4.90 Å². The number of halogens is 1. The van der Waals surface area contributed by atoms with Gasteiger partial charge in [0.05, 0.1) is 20.3 Å². The van der Waals surface area contributed by atoms with E-state index in [9.17, 15) is 14.4 Å². The van der Waals surface area contributed by atoms with E-state index in [1.165, 1.54) is 13.2 Å². The van der Waals surface area contributed by atoms with Crippen molar-refractivity contribution in [2.24, 2.45) is 0 Å². The van der Waals surface area contributed by atoms with Crippen molar-refractivity contribution in [3.63, 3.8) is 0 Å². The highest BCUT2D eigenvalue weighted by molar-refractivity contribution is 9.10. The van der Waals surface area contributed by atoms with Gasteiger partial charge in [0, 0.05) is 4.47 Å². The van der Waals surface area contributed by atoms with Gasteiger partial charge in [-0.05, 0) is 37.6 Å². The highest BCUT2D eigenvalue weighted by atomic mass is 79.9. The van der Waals surface area contributed by atoms with Crippen LogP contribution in [0.2, 0.25) is 0 Å². The molecule has 0 aromatic heterocycles. The first-order valence-electron chi connectivity index (χ1n) is 7.91. The number of methoxy groups -OCH3 is 1. The monoisotopic (exact) mass is 426 g/mol. The Bertz CT molecular complexity index is 762. The number of urea groups is 1. The van der Waals surface area contributed by atoms with Crippen LogP contribution in [0.25, 0.3) is 6.08 Å². The second-order valence-corrected chi connectivity index (χ2v) is 6.00. The van der Waals surface area contributed by atoms with Crippen molar-refractivity contribution >= 4 is 39.9 Å². The van der Waals surface area contributed by atoms with Crippen molar-refractivity contribution in [3.05, 3.63) is 27.9 Å². The van der Waals surface area contributed by atoms with Crippen LogP contribution in [-0.2, 0) is 14.3 Å². The number of carbonyl (C=O) groups excluding carboxylic acids is 3. The van der Waals surface area contributed by atoms with E-state index in [4.69, 9.17) is 9.47 Å². The van der Waals surface area contributed by atoms with Crippen LogP contribution in [0.3, 0.4) is 0 Å². The topological polar surface area (TPSA) is 94.2 Å². The summed E-state index contributed by atoms with van der Waals surface area (Å²) in [6.07, 6.45) is 1.50. The summed E-state index contributed by atoms with van der Waals surface area (Å²) in [4.78, 5) is 36.4. The van der Waals surface area contributed by atoms with Crippen LogP contribution in [0, 0.1) is 0 Å². The zero-order valence-corrected chi connectivity index (χ0v) is 16.2. The van der Waals surface area contributed by atoms with E-state index < -0.39 is 24.5 Å². The minimum Gasteiger partial charge on any atom is -0.490 e. The molecule has 1 heterocycles. The fraction of sp³-hybridized carbons (Fsp3) is 0.353. The molecule has 1 aromatic carbocycles. The molecule has 26 heavy (non-hydrogen) atoms. The Labute approximate surface area is 159 Å². The molecule has 1 N–H and O–H groups in total. The zero-order chi connectivity index (χ0) is 19.3. The molecule has 1 aliphatic heterocycles. The number of hydrogen-bond donors (Lipinski definition) is 1. The number of hydrogen-bond acceptors (Lipinski definition) is 6. The molecule has 9 heteroatoms. The summed E-state index contributed by atoms with van der Waals surface area (Å²) in [5.74, 6) is -0.208. The largest absolute Gasteiger partial charge is 0.490 e. The van der Waals surface area contributed by atoms with Crippen molar-refractivity contribution in [3.8, 4) is 11.5 Å². The van der Waals surface area contributed by atoms with Gasteiger partial charge in [0.2, 0.25) is 0 Å². The molecule has 1 fully saturated rings. The number of imide groups is 1. The van der Waals surface area contributed by atoms with Crippen molar-refractivity contribution in [1.29, 1.82) is 0 Å². The van der Waals surface area contributed by atoms with Gasteiger partial charge in [-0.15, -0.1) is 0 Å². The van der Waals surface area contributed by atoms with Gasteiger partial charge in [0.1, 0.15) is 12.2 Å². The Balaban J connectivity index is 2.34.